The number of hydrogen-bond donors (Lipinski definition) is 1. The summed E-state index contributed by atoms with van der Waals surface area (Å²) < 4.78 is 0. The molecule has 0 aliphatic heterocycles. The van der Waals surface area contributed by atoms with Gasteiger partial charge in [-0.05, 0) is 18.4 Å². The summed E-state index contributed by atoms with van der Waals surface area (Å²) in [6.45, 7) is 3.71. The second-order valence-corrected chi connectivity index (χ2v) is 4.76. The lowest BCUT2D eigenvalue weighted by Gasteiger charge is -2.05. The van der Waals surface area contributed by atoms with Gasteiger partial charge in [0.05, 0.1) is 15.6 Å². The van der Waals surface area contributed by atoms with E-state index in [1.807, 2.05) is 18.4 Å². The molecule has 0 aromatic carbocycles. The molecule has 1 N–H and O–H groups in total. The summed E-state index contributed by atoms with van der Waals surface area (Å²) in [6.07, 6.45) is 0.700. The van der Waals surface area contributed by atoms with Crippen LogP contribution in [0.5, 0.6) is 0 Å². The summed E-state index contributed by atoms with van der Waals surface area (Å²) in [6, 6.07) is 1.81. The Hall–Kier alpha value is -1.13. The van der Waals surface area contributed by atoms with E-state index in [4.69, 9.17) is 11.6 Å². The maximum atomic E-state index is 11.7. The molecular formula is C11H11ClN2OS. The molecule has 0 saturated heterocycles. The van der Waals surface area contributed by atoms with Crippen LogP contribution in [0.3, 0.4) is 0 Å². The van der Waals surface area contributed by atoms with E-state index in [0.29, 0.717) is 28.5 Å². The number of nitrogens with one attached hydrogen (secondary N) is 1. The second kappa shape index (κ2) is 4.39. The first-order valence-corrected chi connectivity index (χ1v) is 6.22. The van der Waals surface area contributed by atoms with Gasteiger partial charge in [0, 0.05) is 12.0 Å². The van der Waals surface area contributed by atoms with Crippen LogP contribution in [0.4, 0.5) is 0 Å². The molecule has 2 aromatic heterocycles. The third-order valence-electron chi connectivity index (χ3n) is 2.37. The Labute approximate surface area is 102 Å². The van der Waals surface area contributed by atoms with Crippen molar-refractivity contribution in [2.24, 2.45) is 0 Å². The Bertz CT molecular complexity index is 574. The van der Waals surface area contributed by atoms with E-state index in [0.717, 1.165) is 4.88 Å². The summed E-state index contributed by atoms with van der Waals surface area (Å²) in [5, 5.41) is 2.54. The molecule has 0 spiro atoms. The van der Waals surface area contributed by atoms with Crippen molar-refractivity contribution >= 4 is 22.9 Å². The maximum absolute atomic E-state index is 11.7. The third kappa shape index (κ3) is 1.90. The van der Waals surface area contributed by atoms with Crippen molar-refractivity contribution in [1.82, 2.24) is 9.97 Å². The average molecular weight is 255 g/mol. The number of aromatic nitrogens is 2. The van der Waals surface area contributed by atoms with Gasteiger partial charge < -0.3 is 4.98 Å². The van der Waals surface area contributed by atoms with Crippen molar-refractivity contribution < 1.29 is 0 Å². The molecule has 5 heteroatoms. The standard InChI is InChI=1S/C11H11ClN2OS/c1-3-8-13-9(6(2)11(15)14-8)10-7(12)4-5-16-10/h4-5H,3H2,1-2H3,(H,13,14,15). The largest absolute Gasteiger partial charge is 0.310 e. The molecule has 2 aromatic rings. The van der Waals surface area contributed by atoms with Crippen LogP contribution < -0.4 is 5.56 Å². The van der Waals surface area contributed by atoms with Crippen LogP contribution in [0.2, 0.25) is 5.02 Å². The highest BCUT2D eigenvalue weighted by Crippen LogP contribution is 2.32. The van der Waals surface area contributed by atoms with Gasteiger partial charge in [-0.3, -0.25) is 4.79 Å². The smallest absolute Gasteiger partial charge is 0.254 e. The zero-order valence-electron chi connectivity index (χ0n) is 9.00. The van der Waals surface area contributed by atoms with Crippen LogP contribution in [-0.4, -0.2) is 9.97 Å². The SMILES string of the molecule is CCc1nc(-c2sccc2Cl)c(C)c(=O)[nH]1. The predicted molar refractivity (Wildman–Crippen MR) is 67.3 cm³/mol. The van der Waals surface area contributed by atoms with Crippen molar-refractivity contribution in [3.8, 4) is 10.6 Å². The van der Waals surface area contributed by atoms with E-state index >= 15 is 0 Å². The predicted octanol–water partition coefficient (Wildman–Crippen LogP) is 3.02. The fourth-order valence-corrected chi connectivity index (χ4v) is 2.62. The van der Waals surface area contributed by atoms with Crippen molar-refractivity contribution in [1.29, 1.82) is 0 Å². The minimum Gasteiger partial charge on any atom is -0.310 e. The van der Waals surface area contributed by atoms with Gasteiger partial charge in [0.25, 0.3) is 5.56 Å². The molecule has 2 heterocycles. The number of hydrogen-bond acceptors (Lipinski definition) is 3. The van der Waals surface area contributed by atoms with E-state index in [9.17, 15) is 4.79 Å². The number of rotatable bonds is 2. The van der Waals surface area contributed by atoms with E-state index in [-0.39, 0.29) is 5.56 Å². The van der Waals surface area contributed by atoms with E-state index in [1.54, 1.807) is 6.92 Å². The van der Waals surface area contributed by atoms with Gasteiger partial charge >= 0.3 is 0 Å². The topological polar surface area (TPSA) is 45.8 Å². The van der Waals surface area contributed by atoms with Gasteiger partial charge in [0.15, 0.2) is 0 Å². The number of thiophene rings is 1. The zero-order chi connectivity index (χ0) is 11.7. The van der Waals surface area contributed by atoms with Gasteiger partial charge in [-0.25, -0.2) is 4.98 Å². The number of halogens is 1. The second-order valence-electron chi connectivity index (χ2n) is 3.44. The maximum Gasteiger partial charge on any atom is 0.254 e. The lowest BCUT2D eigenvalue weighted by atomic mass is 10.2. The van der Waals surface area contributed by atoms with E-state index in [1.165, 1.54) is 11.3 Å². The van der Waals surface area contributed by atoms with Crippen LogP contribution in [0, 0.1) is 6.92 Å². The lowest BCUT2D eigenvalue weighted by Crippen LogP contribution is -2.15. The minimum atomic E-state index is -0.0914. The molecule has 0 amide bonds. The molecule has 84 valence electrons. The molecular weight excluding hydrogens is 244 g/mol. The molecule has 0 atom stereocenters. The molecule has 0 aliphatic rings. The van der Waals surface area contributed by atoms with Gasteiger partial charge in [-0.15, -0.1) is 11.3 Å². The van der Waals surface area contributed by atoms with Gasteiger partial charge in [-0.1, -0.05) is 18.5 Å². The Morgan fingerprint density at radius 3 is 2.88 bits per heavy atom. The molecule has 0 radical (unpaired) electrons. The van der Waals surface area contributed by atoms with Crippen molar-refractivity contribution in [3.63, 3.8) is 0 Å². The minimum absolute atomic E-state index is 0.0914. The molecule has 16 heavy (non-hydrogen) atoms. The average Bonchev–Trinajstić information content (AvgIpc) is 2.68. The highest BCUT2D eigenvalue weighted by atomic mass is 35.5. The Morgan fingerprint density at radius 2 is 2.31 bits per heavy atom. The van der Waals surface area contributed by atoms with Crippen molar-refractivity contribution in [3.05, 3.63) is 38.2 Å². The van der Waals surface area contributed by atoms with Crippen LogP contribution >= 0.6 is 22.9 Å². The number of nitrogens with zero attached hydrogens (tertiary/aromatic N) is 1. The summed E-state index contributed by atoms with van der Waals surface area (Å²) in [5.74, 6) is 0.690. The summed E-state index contributed by atoms with van der Waals surface area (Å²) >= 11 is 7.55. The fraction of sp³-hybridized carbons (Fsp3) is 0.273. The number of H-pyrrole nitrogens is 1. The first-order valence-electron chi connectivity index (χ1n) is 4.96. The normalized spacial score (nSPS) is 10.7. The first kappa shape index (κ1) is 11.4. The molecule has 0 unspecified atom stereocenters. The fourth-order valence-electron chi connectivity index (χ4n) is 1.43. The van der Waals surface area contributed by atoms with Crippen molar-refractivity contribution in [2.45, 2.75) is 20.3 Å². The molecule has 0 bridgehead atoms. The van der Waals surface area contributed by atoms with Crippen LogP contribution in [0.25, 0.3) is 10.6 Å². The Kier molecular flexibility index (Phi) is 3.12. The summed E-state index contributed by atoms with van der Waals surface area (Å²) in [5.41, 5.74) is 1.22. The van der Waals surface area contributed by atoms with Crippen LogP contribution in [-0.2, 0) is 6.42 Å². The third-order valence-corrected chi connectivity index (χ3v) is 3.72. The van der Waals surface area contributed by atoms with Gasteiger partial charge in [0.1, 0.15) is 5.82 Å². The van der Waals surface area contributed by atoms with Gasteiger partial charge in [-0.2, -0.15) is 0 Å². The Morgan fingerprint density at radius 1 is 1.56 bits per heavy atom. The number of aryl methyl sites for hydroxylation is 1. The Balaban J connectivity index is 2.69. The van der Waals surface area contributed by atoms with Crippen LogP contribution in [0.15, 0.2) is 16.2 Å². The zero-order valence-corrected chi connectivity index (χ0v) is 10.6. The van der Waals surface area contributed by atoms with Crippen LogP contribution in [0.1, 0.15) is 18.3 Å². The monoisotopic (exact) mass is 254 g/mol. The van der Waals surface area contributed by atoms with E-state index in [2.05, 4.69) is 9.97 Å². The molecule has 0 saturated carbocycles. The molecule has 2 rings (SSSR count). The molecule has 0 aliphatic carbocycles. The van der Waals surface area contributed by atoms with E-state index < -0.39 is 0 Å². The quantitative estimate of drug-likeness (QED) is 0.895. The molecule has 3 nitrogen and oxygen atoms in total. The van der Waals surface area contributed by atoms with Crippen molar-refractivity contribution in [2.75, 3.05) is 0 Å². The van der Waals surface area contributed by atoms with Gasteiger partial charge in [0.2, 0.25) is 0 Å². The lowest BCUT2D eigenvalue weighted by molar-refractivity contribution is 0.913. The molecule has 0 fully saturated rings. The highest BCUT2D eigenvalue weighted by molar-refractivity contribution is 7.14. The highest BCUT2D eigenvalue weighted by Gasteiger charge is 2.13. The first-order chi connectivity index (χ1) is 7.63. The summed E-state index contributed by atoms with van der Waals surface area (Å²) in [7, 11) is 0. The summed E-state index contributed by atoms with van der Waals surface area (Å²) in [4.78, 5) is 19.7. The number of aromatic amines is 1.